The highest BCUT2D eigenvalue weighted by Gasteiger charge is 2.33. The van der Waals surface area contributed by atoms with E-state index in [4.69, 9.17) is 0 Å². The van der Waals surface area contributed by atoms with Crippen molar-refractivity contribution in [2.24, 2.45) is 0 Å². The summed E-state index contributed by atoms with van der Waals surface area (Å²) >= 11 is 0. The molecular weight excluding hydrogens is 360 g/mol. The highest BCUT2D eigenvalue weighted by Crippen LogP contribution is 2.35. The molecule has 0 bridgehead atoms. The second kappa shape index (κ2) is 8.03. The van der Waals surface area contributed by atoms with Crippen LogP contribution in [0.15, 0.2) is 60.9 Å². The van der Waals surface area contributed by atoms with Crippen molar-refractivity contribution in [3.63, 3.8) is 0 Å². The molecule has 2 aromatic carbocycles. The third-order valence-electron chi connectivity index (χ3n) is 3.80. The normalized spacial score (nSPS) is 11.3. The molecule has 0 saturated carbocycles. The summed E-state index contributed by atoms with van der Waals surface area (Å²) in [5, 5.41) is 5.75. The van der Waals surface area contributed by atoms with Gasteiger partial charge in [0.15, 0.2) is 0 Å². The van der Waals surface area contributed by atoms with Crippen LogP contribution in [0.4, 0.5) is 34.9 Å². The monoisotopic (exact) mass is 376 g/mol. The molecule has 1 heterocycles. The SMILES string of the molecule is Fc1ccc(CCNc2cc(Nc3ccccc3C(F)(F)F)ncn2)cc1. The first-order chi connectivity index (χ1) is 12.9. The molecule has 2 N–H and O–H groups in total. The Bertz CT molecular complexity index is 895. The molecule has 0 fully saturated rings. The van der Waals surface area contributed by atoms with Gasteiger partial charge in [0.2, 0.25) is 0 Å². The van der Waals surface area contributed by atoms with Gasteiger partial charge in [0.1, 0.15) is 23.8 Å². The van der Waals surface area contributed by atoms with Crippen molar-refractivity contribution in [1.29, 1.82) is 0 Å². The highest BCUT2D eigenvalue weighted by atomic mass is 19.4. The topological polar surface area (TPSA) is 49.8 Å². The Hall–Kier alpha value is -3.16. The lowest BCUT2D eigenvalue weighted by atomic mass is 10.1. The summed E-state index contributed by atoms with van der Waals surface area (Å²) in [6, 6.07) is 12.9. The van der Waals surface area contributed by atoms with E-state index in [0.29, 0.717) is 18.8 Å². The van der Waals surface area contributed by atoms with Crippen molar-refractivity contribution >= 4 is 17.3 Å². The Balaban J connectivity index is 1.65. The molecule has 0 aliphatic carbocycles. The van der Waals surface area contributed by atoms with Crippen molar-refractivity contribution in [2.45, 2.75) is 12.6 Å². The van der Waals surface area contributed by atoms with Crippen LogP contribution in [0.1, 0.15) is 11.1 Å². The zero-order chi connectivity index (χ0) is 19.3. The van der Waals surface area contributed by atoms with Crippen LogP contribution in [0, 0.1) is 5.82 Å². The minimum atomic E-state index is -4.47. The molecule has 0 spiro atoms. The maximum absolute atomic E-state index is 13.1. The van der Waals surface area contributed by atoms with Crippen LogP contribution >= 0.6 is 0 Å². The largest absolute Gasteiger partial charge is 0.418 e. The maximum atomic E-state index is 13.1. The molecule has 1 aromatic heterocycles. The van der Waals surface area contributed by atoms with E-state index in [9.17, 15) is 17.6 Å². The van der Waals surface area contributed by atoms with Gasteiger partial charge in [-0.15, -0.1) is 0 Å². The second-order valence-electron chi connectivity index (χ2n) is 5.76. The average Bonchev–Trinajstić information content (AvgIpc) is 2.63. The standard InChI is InChI=1S/C19H16F4N4/c20-14-7-5-13(6-8-14)9-10-24-17-11-18(26-12-25-17)27-16-4-2-1-3-15(16)19(21,22)23/h1-8,11-12H,9-10H2,(H2,24,25,26,27). The van der Waals surface area contributed by atoms with Gasteiger partial charge in [-0.2, -0.15) is 13.2 Å². The van der Waals surface area contributed by atoms with Crippen LogP contribution in [0.5, 0.6) is 0 Å². The molecule has 0 aliphatic rings. The van der Waals surface area contributed by atoms with Gasteiger partial charge in [0.05, 0.1) is 11.3 Å². The maximum Gasteiger partial charge on any atom is 0.418 e. The van der Waals surface area contributed by atoms with Gasteiger partial charge in [-0.25, -0.2) is 14.4 Å². The number of benzene rings is 2. The molecule has 0 radical (unpaired) electrons. The first-order valence-electron chi connectivity index (χ1n) is 8.15. The Morgan fingerprint density at radius 2 is 1.59 bits per heavy atom. The number of alkyl halides is 3. The lowest BCUT2D eigenvalue weighted by molar-refractivity contribution is -0.136. The number of hydrogen-bond donors (Lipinski definition) is 2. The molecule has 0 saturated heterocycles. The van der Waals surface area contributed by atoms with Gasteiger partial charge in [0, 0.05) is 12.6 Å². The highest BCUT2D eigenvalue weighted by molar-refractivity contribution is 5.63. The summed E-state index contributed by atoms with van der Waals surface area (Å²) in [6.07, 6.45) is -2.56. The van der Waals surface area contributed by atoms with Gasteiger partial charge >= 0.3 is 6.18 Å². The van der Waals surface area contributed by atoms with E-state index in [-0.39, 0.29) is 17.3 Å². The van der Waals surface area contributed by atoms with Gasteiger partial charge in [-0.05, 0) is 36.2 Å². The van der Waals surface area contributed by atoms with Gasteiger partial charge in [-0.1, -0.05) is 24.3 Å². The number of anilines is 3. The smallest absolute Gasteiger partial charge is 0.370 e. The second-order valence-corrected chi connectivity index (χ2v) is 5.76. The minimum Gasteiger partial charge on any atom is -0.370 e. The fourth-order valence-corrected chi connectivity index (χ4v) is 2.49. The van der Waals surface area contributed by atoms with Crippen LogP contribution in [0.3, 0.4) is 0 Å². The fourth-order valence-electron chi connectivity index (χ4n) is 2.49. The van der Waals surface area contributed by atoms with Crippen LogP contribution in [-0.2, 0) is 12.6 Å². The zero-order valence-electron chi connectivity index (χ0n) is 14.1. The molecule has 4 nitrogen and oxygen atoms in total. The van der Waals surface area contributed by atoms with Crippen molar-refractivity contribution in [3.05, 3.63) is 77.9 Å². The summed E-state index contributed by atoms with van der Waals surface area (Å²) in [6.45, 7) is 0.529. The number of para-hydroxylation sites is 1. The predicted octanol–water partition coefficient (Wildman–Crippen LogP) is 5.03. The number of rotatable bonds is 6. The molecule has 0 aliphatic heterocycles. The molecular formula is C19H16F4N4. The van der Waals surface area contributed by atoms with E-state index in [0.717, 1.165) is 11.6 Å². The van der Waals surface area contributed by atoms with Gasteiger partial charge in [-0.3, -0.25) is 0 Å². The van der Waals surface area contributed by atoms with E-state index in [1.54, 1.807) is 12.1 Å². The first kappa shape index (κ1) is 18.6. The van der Waals surface area contributed by atoms with Crippen LogP contribution < -0.4 is 10.6 Å². The first-order valence-corrected chi connectivity index (χ1v) is 8.15. The molecule has 0 unspecified atom stereocenters. The number of nitrogens with zero attached hydrogens (tertiary/aromatic N) is 2. The summed E-state index contributed by atoms with van der Waals surface area (Å²) in [5.41, 5.74) is 0.103. The molecule has 140 valence electrons. The lowest BCUT2D eigenvalue weighted by Gasteiger charge is -2.14. The van der Waals surface area contributed by atoms with Crippen LogP contribution in [0.2, 0.25) is 0 Å². The quantitative estimate of drug-likeness (QED) is 0.592. The number of halogens is 4. The van der Waals surface area contributed by atoms with E-state index in [1.807, 2.05) is 0 Å². The summed E-state index contributed by atoms with van der Waals surface area (Å²) in [4.78, 5) is 8.02. The molecule has 0 atom stereocenters. The zero-order valence-corrected chi connectivity index (χ0v) is 14.1. The van der Waals surface area contributed by atoms with Crippen molar-refractivity contribution < 1.29 is 17.6 Å². The van der Waals surface area contributed by atoms with Crippen LogP contribution in [0.25, 0.3) is 0 Å². The molecule has 8 heteroatoms. The Morgan fingerprint density at radius 3 is 2.33 bits per heavy atom. The third kappa shape index (κ3) is 5.16. The van der Waals surface area contributed by atoms with Gasteiger partial charge in [0.25, 0.3) is 0 Å². The summed E-state index contributed by atoms with van der Waals surface area (Å²) in [5.74, 6) is 0.419. The Morgan fingerprint density at radius 1 is 0.889 bits per heavy atom. The minimum absolute atomic E-state index is 0.0824. The van der Waals surface area contributed by atoms with E-state index < -0.39 is 11.7 Å². The number of hydrogen-bond acceptors (Lipinski definition) is 4. The van der Waals surface area contributed by atoms with E-state index >= 15 is 0 Å². The van der Waals surface area contributed by atoms with Crippen molar-refractivity contribution in [3.8, 4) is 0 Å². The average molecular weight is 376 g/mol. The summed E-state index contributed by atoms with van der Waals surface area (Å²) < 4.78 is 52.1. The number of nitrogens with one attached hydrogen (secondary N) is 2. The Labute approximate surface area is 153 Å². The molecule has 3 aromatic rings. The molecule has 3 rings (SSSR count). The van der Waals surface area contributed by atoms with E-state index in [1.165, 1.54) is 42.7 Å². The third-order valence-corrected chi connectivity index (χ3v) is 3.80. The number of aromatic nitrogens is 2. The predicted molar refractivity (Wildman–Crippen MR) is 95.4 cm³/mol. The van der Waals surface area contributed by atoms with Crippen molar-refractivity contribution in [2.75, 3.05) is 17.2 Å². The van der Waals surface area contributed by atoms with Gasteiger partial charge < -0.3 is 10.6 Å². The van der Waals surface area contributed by atoms with E-state index in [2.05, 4.69) is 20.6 Å². The fraction of sp³-hybridized carbons (Fsp3) is 0.158. The lowest BCUT2D eigenvalue weighted by Crippen LogP contribution is -2.10. The molecule has 27 heavy (non-hydrogen) atoms. The summed E-state index contributed by atoms with van der Waals surface area (Å²) in [7, 11) is 0. The van der Waals surface area contributed by atoms with Crippen molar-refractivity contribution in [1.82, 2.24) is 9.97 Å². The van der Waals surface area contributed by atoms with Crippen LogP contribution in [-0.4, -0.2) is 16.5 Å². The Kier molecular flexibility index (Phi) is 5.54. The molecule has 0 amide bonds.